The standard InChI is InChI=1S/C18H22ClN3O2.ClH/c1-23-17-10-13(9-15(19)18(17)24-2)12-22-8-7-21-11-16(22)14-3-5-20-6-4-14;/h3-6,9-10,16,21H,7-8,11-12H2,1-2H3;1H. The summed E-state index contributed by atoms with van der Waals surface area (Å²) in [7, 11) is 3.22. The molecule has 0 spiro atoms. The van der Waals surface area contributed by atoms with E-state index in [0.717, 1.165) is 31.7 Å². The van der Waals surface area contributed by atoms with Gasteiger partial charge in [-0.2, -0.15) is 0 Å². The lowest BCUT2D eigenvalue weighted by molar-refractivity contribution is 0.153. The van der Waals surface area contributed by atoms with Crippen LogP contribution in [-0.4, -0.2) is 43.7 Å². The van der Waals surface area contributed by atoms with E-state index in [4.69, 9.17) is 21.1 Å². The number of aromatic nitrogens is 1. The SMILES string of the molecule is COc1cc(CN2CCNCC2c2ccncc2)cc(Cl)c1OC.Cl. The van der Waals surface area contributed by atoms with Gasteiger partial charge in [0.1, 0.15) is 0 Å². The van der Waals surface area contributed by atoms with Crippen molar-refractivity contribution in [2.45, 2.75) is 12.6 Å². The Kier molecular flexibility index (Phi) is 7.32. The molecule has 136 valence electrons. The molecule has 1 aromatic heterocycles. The molecule has 0 aliphatic carbocycles. The topological polar surface area (TPSA) is 46.6 Å². The molecule has 1 unspecified atom stereocenters. The molecule has 1 N–H and O–H groups in total. The van der Waals surface area contributed by atoms with Gasteiger partial charge in [0.05, 0.1) is 19.2 Å². The van der Waals surface area contributed by atoms with Gasteiger partial charge in [0.2, 0.25) is 0 Å². The summed E-state index contributed by atoms with van der Waals surface area (Å²) in [6, 6.07) is 8.41. The second-order valence-electron chi connectivity index (χ2n) is 5.78. The lowest BCUT2D eigenvalue weighted by Gasteiger charge is -2.36. The molecular weight excluding hydrogens is 361 g/mol. The maximum Gasteiger partial charge on any atom is 0.179 e. The van der Waals surface area contributed by atoms with E-state index in [1.165, 1.54) is 5.56 Å². The molecule has 0 saturated carbocycles. The number of piperazine rings is 1. The van der Waals surface area contributed by atoms with Crippen LogP contribution >= 0.6 is 24.0 Å². The first-order valence-corrected chi connectivity index (χ1v) is 8.36. The van der Waals surface area contributed by atoms with Gasteiger partial charge < -0.3 is 14.8 Å². The Morgan fingerprint density at radius 3 is 2.68 bits per heavy atom. The number of rotatable bonds is 5. The van der Waals surface area contributed by atoms with Crippen LogP contribution in [0.25, 0.3) is 0 Å². The van der Waals surface area contributed by atoms with Crippen molar-refractivity contribution in [2.75, 3.05) is 33.9 Å². The van der Waals surface area contributed by atoms with Crippen LogP contribution in [0.2, 0.25) is 5.02 Å². The molecule has 3 rings (SSSR count). The predicted molar refractivity (Wildman–Crippen MR) is 102 cm³/mol. The van der Waals surface area contributed by atoms with Crippen molar-refractivity contribution in [3.63, 3.8) is 0 Å². The largest absolute Gasteiger partial charge is 0.493 e. The molecule has 2 heterocycles. The van der Waals surface area contributed by atoms with E-state index in [9.17, 15) is 0 Å². The normalized spacial score (nSPS) is 17.6. The van der Waals surface area contributed by atoms with Crippen LogP contribution in [-0.2, 0) is 6.54 Å². The van der Waals surface area contributed by atoms with Crippen LogP contribution < -0.4 is 14.8 Å². The fourth-order valence-corrected chi connectivity index (χ4v) is 3.46. The second-order valence-corrected chi connectivity index (χ2v) is 6.19. The molecule has 7 heteroatoms. The Balaban J connectivity index is 0.00000225. The highest BCUT2D eigenvalue weighted by molar-refractivity contribution is 6.32. The van der Waals surface area contributed by atoms with E-state index < -0.39 is 0 Å². The third-order valence-corrected chi connectivity index (χ3v) is 4.60. The molecule has 1 aromatic carbocycles. The summed E-state index contributed by atoms with van der Waals surface area (Å²) in [5.41, 5.74) is 2.38. The zero-order chi connectivity index (χ0) is 16.9. The third kappa shape index (κ3) is 4.55. The van der Waals surface area contributed by atoms with Gasteiger partial charge in [0.15, 0.2) is 11.5 Å². The van der Waals surface area contributed by atoms with Crippen molar-refractivity contribution < 1.29 is 9.47 Å². The maximum atomic E-state index is 6.34. The minimum absolute atomic E-state index is 0. The van der Waals surface area contributed by atoms with Gasteiger partial charge in [0.25, 0.3) is 0 Å². The van der Waals surface area contributed by atoms with Gasteiger partial charge in [-0.05, 0) is 35.4 Å². The van der Waals surface area contributed by atoms with E-state index >= 15 is 0 Å². The highest BCUT2D eigenvalue weighted by atomic mass is 35.5. The van der Waals surface area contributed by atoms with E-state index in [0.29, 0.717) is 22.6 Å². The van der Waals surface area contributed by atoms with Gasteiger partial charge in [-0.3, -0.25) is 9.88 Å². The molecule has 25 heavy (non-hydrogen) atoms. The zero-order valence-electron chi connectivity index (χ0n) is 14.4. The minimum Gasteiger partial charge on any atom is -0.493 e. The van der Waals surface area contributed by atoms with Gasteiger partial charge in [-0.15, -0.1) is 12.4 Å². The fraction of sp³-hybridized carbons (Fsp3) is 0.389. The van der Waals surface area contributed by atoms with Crippen molar-refractivity contribution in [2.24, 2.45) is 0 Å². The summed E-state index contributed by atoms with van der Waals surface area (Å²) in [5, 5.41) is 4.04. The lowest BCUT2D eigenvalue weighted by atomic mass is 10.0. The maximum absolute atomic E-state index is 6.34. The first-order chi connectivity index (χ1) is 11.7. The van der Waals surface area contributed by atoms with Crippen LogP contribution in [0.1, 0.15) is 17.2 Å². The average Bonchev–Trinajstić information content (AvgIpc) is 2.62. The first kappa shape index (κ1) is 19.8. The number of hydrogen-bond donors (Lipinski definition) is 1. The van der Waals surface area contributed by atoms with E-state index in [-0.39, 0.29) is 12.4 Å². The Labute approximate surface area is 159 Å². The van der Waals surface area contributed by atoms with Crippen LogP contribution in [0.3, 0.4) is 0 Å². The lowest BCUT2D eigenvalue weighted by Crippen LogP contribution is -2.45. The van der Waals surface area contributed by atoms with Crippen LogP contribution in [0, 0.1) is 0 Å². The number of benzene rings is 1. The number of methoxy groups -OCH3 is 2. The van der Waals surface area contributed by atoms with E-state index in [1.54, 1.807) is 14.2 Å². The number of halogens is 2. The Bertz CT molecular complexity index is 686. The number of nitrogens with one attached hydrogen (secondary N) is 1. The average molecular weight is 384 g/mol. The van der Waals surface area contributed by atoms with Gasteiger partial charge >= 0.3 is 0 Å². The Morgan fingerprint density at radius 2 is 2.00 bits per heavy atom. The van der Waals surface area contributed by atoms with Crippen LogP contribution in [0.15, 0.2) is 36.7 Å². The van der Waals surface area contributed by atoms with Gasteiger partial charge in [0, 0.05) is 44.6 Å². The summed E-state index contributed by atoms with van der Waals surface area (Å²) in [6.45, 7) is 3.67. The smallest absolute Gasteiger partial charge is 0.179 e. The second kappa shape index (κ2) is 9.25. The summed E-state index contributed by atoms with van der Waals surface area (Å²) < 4.78 is 10.7. The summed E-state index contributed by atoms with van der Waals surface area (Å²) in [5.74, 6) is 1.24. The molecule has 1 atom stereocenters. The quantitative estimate of drug-likeness (QED) is 0.857. The van der Waals surface area contributed by atoms with E-state index in [2.05, 4.69) is 27.3 Å². The van der Waals surface area contributed by atoms with Crippen molar-refractivity contribution >= 4 is 24.0 Å². The molecule has 0 radical (unpaired) electrons. The van der Waals surface area contributed by atoms with Crippen molar-refractivity contribution in [3.8, 4) is 11.5 Å². The fourth-order valence-electron chi connectivity index (χ4n) is 3.15. The van der Waals surface area contributed by atoms with Crippen LogP contribution in [0.5, 0.6) is 11.5 Å². The van der Waals surface area contributed by atoms with Gasteiger partial charge in [-0.25, -0.2) is 0 Å². The monoisotopic (exact) mass is 383 g/mol. The summed E-state index contributed by atoms with van der Waals surface area (Å²) in [6.07, 6.45) is 3.69. The van der Waals surface area contributed by atoms with Crippen LogP contribution in [0.4, 0.5) is 0 Å². The number of pyridine rings is 1. The highest BCUT2D eigenvalue weighted by Crippen LogP contribution is 2.37. The molecule has 1 fully saturated rings. The molecular formula is C18H23Cl2N3O2. The first-order valence-electron chi connectivity index (χ1n) is 7.98. The number of ether oxygens (including phenoxy) is 2. The Morgan fingerprint density at radius 1 is 1.24 bits per heavy atom. The van der Waals surface area contributed by atoms with Crippen molar-refractivity contribution in [3.05, 3.63) is 52.8 Å². The van der Waals surface area contributed by atoms with Crippen molar-refractivity contribution in [1.82, 2.24) is 15.2 Å². The molecule has 2 aromatic rings. The molecule has 1 aliphatic rings. The predicted octanol–water partition coefficient (Wildman–Crippen LogP) is 3.32. The minimum atomic E-state index is 0. The van der Waals surface area contributed by atoms with Crippen molar-refractivity contribution in [1.29, 1.82) is 0 Å². The highest BCUT2D eigenvalue weighted by Gasteiger charge is 2.24. The molecule has 1 aliphatic heterocycles. The molecule has 0 bridgehead atoms. The molecule has 0 amide bonds. The molecule has 5 nitrogen and oxygen atoms in total. The van der Waals surface area contributed by atoms with Gasteiger partial charge in [-0.1, -0.05) is 11.6 Å². The molecule has 1 saturated heterocycles. The third-order valence-electron chi connectivity index (χ3n) is 4.32. The summed E-state index contributed by atoms with van der Waals surface area (Å²) in [4.78, 5) is 6.56. The number of nitrogens with zero attached hydrogens (tertiary/aromatic N) is 2. The number of hydrogen-bond acceptors (Lipinski definition) is 5. The summed E-state index contributed by atoms with van der Waals surface area (Å²) >= 11 is 6.34. The zero-order valence-corrected chi connectivity index (χ0v) is 15.9. The Hall–Kier alpha value is -1.53. The van der Waals surface area contributed by atoms with E-state index in [1.807, 2.05) is 24.5 Å².